The van der Waals surface area contributed by atoms with Crippen LogP contribution in [0.4, 0.5) is 10.6 Å². The molecule has 3 heterocycles. The molecule has 2 aliphatic heterocycles. The van der Waals surface area contributed by atoms with Gasteiger partial charge in [-0.1, -0.05) is 32.8 Å². The van der Waals surface area contributed by atoms with E-state index in [1.807, 2.05) is 38.2 Å². The molecule has 2 saturated heterocycles. The lowest BCUT2D eigenvalue weighted by Crippen LogP contribution is -2.53. The van der Waals surface area contributed by atoms with Crippen molar-refractivity contribution >= 4 is 23.7 Å². The molecule has 2 N–H and O–H groups in total. The summed E-state index contributed by atoms with van der Waals surface area (Å²) >= 11 is 0. The second-order valence-corrected chi connectivity index (χ2v) is 7.52. The molecule has 1 aromatic rings. The first kappa shape index (κ1) is 20.1. The summed E-state index contributed by atoms with van der Waals surface area (Å²) in [6, 6.07) is 5.46. The molecule has 2 fully saturated rings. The van der Waals surface area contributed by atoms with Crippen LogP contribution in [-0.2, 0) is 9.59 Å². The Morgan fingerprint density at radius 1 is 1.11 bits per heavy atom. The van der Waals surface area contributed by atoms with Gasteiger partial charge in [0.05, 0.1) is 19.3 Å². The van der Waals surface area contributed by atoms with Crippen molar-refractivity contribution in [3.05, 3.63) is 24.4 Å². The maximum absolute atomic E-state index is 12.9. The van der Waals surface area contributed by atoms with Gasteiger partial charge in [-0.25, -0.2) is 9.78 Å². The summed E-state index contributed by atoms with van der Waals surface area (Å²) in [5.74, 6) is 0.587. The standard InChI is InChI=1S/C20H29N5O3/c1-3-8-20(9-4-2)18(27)25(19(28)22-20)15-17(26)24-13-11-23(12-14-24)16-7-5-6-10-21-16/h5-7,10H,3-4,8-9,11-15H2,1-2H3,(H,22,28)/p+1. The zero-order valence-electron chi connectivity index (χ0n) is 16.7. The number of carbonyl (C=O) groups is 3. The molecule has 152 valence electrons. The van der Waals surface area contributed by atoms with Gasteiger partial charge in [-0.15, -0.1) is 0 Å². The Morgan fingerprint density at radius 3 is 2.36 bits per heavy atom. The van der Waals surface area contributed by atoms with Crippen LogP contribution in [0.3, 0.4) is 0 Å². The first-order valence-electron chi connectivity index (χ1n) is 10.1. The fourth-order valence-electron chi connectivity index (χ4n) is 4.15. The molecule has 0 aliphatic carbocycles. The lowest BCUT2D eigenvalue weighted by Gasteiger charge is -2.32. The third-order valence-corrected chi connectivity index (χ3v) is 5.56. The monoisotopic (exact) mass is 388 g/mol. The summed E-state index contributed by atoms with van der Waals surface area (Å²) in [5.41, 5.74) is -0.845. The Labute approximate surface area is 165 Å². The van der Waals surface area contributed by atoms with Gasteiger partial charge in [0, 0.05) is 6.07 Å². The van der Waals surface area contributed by atoms with Crippen molar-refractivity contribution in [3.63, 3.8) is 0 Å². The van der Waals surface area contributed by atoms with Crippen molar-refractivity contribution in [3.8, 4) is 0 Å². The molecule has 28 heavy (non-hydrogen) atoms. The fraction of sp³-hybridized carbons (Fsp3) is 0.600. The molecule has 0 aromatic carbocycles. The summed E-state index contributed by atoms with van der Waals surface area (Å²) in [7, 11) is 0. The predicted octanol–water partition coefficient (Wildman–Crippen LogP) is 1.04. The first-order valence-corrected chi connectivity index (χ1v) is 10.1. The van der Waals surface area contributed by atoms with Crippen LogP contribution in [0.25, 0.3) is 0 Å². The highest BCUT2D eigenvalue weighted by Crippen LogP contribution is 2.28. The van der Waals surface area contributed by atoms with Gasteiger partial charge in [-0.2, -0.15) is 0 Å². The maximum Gasteiger partial charge on any atom is 0.325 e. The number of H-pyrrole nitrogens is 1. The summed E-state index contributed by atoms with van der Waals surface area (Å²) in [5, 5.41) is 2.86. The third kappa shape index (κ3) is 3.95. The van der Waals surface area contributed by atoms with Gasteiger partial charge in [0.15, 0.2) is 0 Å². The van der Waals surface area contributed by atoms with Gasteiger partial charge < -0.3 is 10.2 Å². The molecule has 0 bridgehead atoms. The SMILES string of the molecule is CCCC1(CCC)NC(=O)N(CC(=O)N2CCN(c3cccc[nH+]3)CC2)C1=O. The van der Waals surface area contributed by atoms with E-state index in [4.69, 9.17) is 0 Å². The number of urea groups is 1. The number of imide groups is 1. The van der Waals surface area contributed by atoms with Crippen LogP contribution in [0.15, 0.2) is 24.4 Å². The molecule has 4 amide bonds. The van der Waals surface area contributed by atoms with Crippen molar-refractivity contribution in [2.75, 3.05) is 37.6 Å². The quantitative estimate of drug-likeness (QED) is 0.707. The highest BCUT2D eigenvalue weighted by atomic mass is 16.2. The number of aromatic nitrogens is 1. The summed E-state index contributed by atoms with van der Waals surface area (Å²) < 4.78 is 0. The van der Waals surface area contributed by atoms with E-state index in [0.717, 1.165) is 23.6 Å². The van der Waals surface area contributed by atoms with Gasteiger partial charge in [-0.3, -0.25) is 19.4 Å². The minimum atomic E-state index is -0.845. The van der Waals surface area contributed by atoms with E-state index in [1.54, 1.807) is 4.90 Å². The molecule has 8 heteroatoms. The van der Waals surface area contributed by atoms with Crippen molar-refractivity contribution in [2.45, 2.75) is 45.1 Å². The minimum absolute atomic E-state index is 0.177. The molecule has 0 saturated carbocycles. The average molecular weight is 388 g/mol. The number of hydrogen-bond acceptors (Lipinski definition) is 4. The zero-order valence-corrected chi connectivity index (χ0v) is 16.7. The van der Waals surface area contributed by atoms with Crippen molar-refractivity contribution in [2.24, 2.45) is 0 Å². The summed E-state index contributed by atoms with van der Waals surface area (Å²) in [6.45, 7) is 6.37. The molecule has 0 unspecified atom stereocenters. The molecule has 0 atom stereocenters. The molecule has 3 rings (SSSR count). The maximum atomic E-state index is 12.9. The Bertz CT molecular complexity index is 710. The van der Waals surface area contributed by atoms with Gasteiger partial charge >= 0.3 is 6.03 Å². The number of piperazine rings is 1. The van der Waals surface area contributed by atoms with Crippen LogP contribution in [-0.4, -0.2) is 65.9 Å². The number of anilines is 1. The van der Waals surface area contributed by atoms with Gasteiger partial charge in [-0.05, 0) is 18.9 Å². The highest BCUT2D eigenvalue weighted by Gasteiger charge is 2.50. The van der Waals surface area contributed by atoms with E-state index in [0.29, 0.717) is 39.0 Å². The number of aromatic amines is 1. The summed E-state index contributed by atoms with van der Waals surface area (Å²) in [4.78, 5) is 46.3. The minimum Gasteiger partial charge on any atom is -0.333 e. The number of hydrogen-bond donors (Lipinski definition) is 1. The summed E-state index contributed by atoms with van der Waals surface area (Å²) in [6.07, 6.45) is 4.67. The molecular formula is C20H30N5O3+. The van der Waals surface area contributed by atoms with E-state index >= 15 is 0 Å². The van der Waals surface area contributed by atoms with Crippen LogP contribution < -0.4 is 15.2 Å². The second-order valence-electron chi connectivity index (χ2n) is 7.52. The van der Waals surface area contributed by atoms with Crippen LogP contribution >= 0.6 is 0 Å². The first-order chi connectivity index (χ1) is 13.5. The molecule has 0 spiro atoms. The Balaban J connectivity index is 1.59. The number of carbonyl (C=O) groups excluding carboxylic acids is 3. The number of nitrogens with zero attached hydrogens (tertiary/aromatic N) is 3. The third-order valence-electron chi connectivity index (χ3n) is 5.56. The van der Waals surface area contributed by atoms with E-state index in [9.17, 15) is 14.4 Å². The van der Waals surface area contributed by atoms with Gasteiger partial charge in [0.2, 0.25) is 5.91 Å². The van der Waals surface area contributed by atoms with Crippen molar-refractivity contribution in [1.82, 2.24) is 15.1 Å². The number of pyridine rings is 1. The van der Waals surface area contributed by atoms with Crippen molar-refractivity contribution < 1.29 is 19.4 Å². The Morgan fingerprint density at radius 2 is 1.79 bits per heavy atom. The second kappa shape index (κ2) is 8.58. The lowest BCUT2D eigenvalue weighted by molar-refractivity contribution is -0.364. The van der Waals surface area contributed by atoms with E-state index in [-0.39, 0.29) is 18.4 Å². The lowest BCUT2D eigenvalue weighted by atomic mass is 9.88. The van der Waals surface area contributed by atoms with Crippen LogP contribution in [0.5, 0.6) is 0 Å². The Kier molecular flexibility index (Phi) is 6.16. The van der Waals surface area contributed by atoms with Gasteiger partial charge in [0.1, 0.15) is 25.2 Å². The average Bonchev–Trinajstić information content (AvgIpc) is 2.93. The Hall–Kier alpha value is -2.64. The van der Waals surface area contributed by atoms with Crippen LogP contribution in [0.2, 0.25) is 0 Å². The molecule has 1 aromatic heterocycles. The largest absolute Gasteiger partial charge is 0.333 e. The molecule has 0 radical (unpaired) electrons. The molecule has 8 nitrogen and oxygen atoms in total. The number of rotatable bonds is 7. The van der Waals surface area contributed by atoms with Crippen molar-refractivity contribution in [1.29, 1.82) is 0 Å². The van der Waals surface area contributed by atoms with Crippen LogP contribution in [0.1, 0.15) is 39.5 Å². The highest BCUT2D eigenvalue weighted by molar-refractivity contribution is 6.09. The predicted molar refractivity (Wildman–Crippen MR) is 105 cm³/mol. The van der Waals surface area contributed by atoms with Crippen LogP contribution in [0, 0.1) is 0 Å². The smallest absolute Gasteiger partial charge is 0.325 e. The normalized spacial score (nSPS) is 19.1. The topological polar surface area (TPSA) is 87.1 Å². The van der Waals surface area contributed by atoms with E-state index < -0.39 is 11.6 Å². The molecule has 2 aliphatic rings. The van der Waals surface area contributed by atoms with Gasteiger partial charge in [0.25, 0.3) is 11.7 Å². The van der Waals surface area contributed by atoms with E-state index in [1.165, 1.54) is 0 Å². The van der Waals surface area contributed by atoms with E-state index in [2.05, 4.69) is 15.2 Å². The number of amides is 4. The fourth-order valence-corrected chi connectivity index (χ4v) is 4.15. The number of nitrogens with one attached hydrogen (secondary N) is 2. The zero-order chi connectivity index (χ0) is 20.1. The molecular weight excluding hydrogens is 358 g/mol.